The van der Waals surface area contributed by atoms with Crippen LogP contribution in [0.4, 0.5) is 27.1 Å². The first-order chi connectivity index (χ1) is 33.9. The second kappa shape index (κ2) is 19.5. The van der Waals surface area contributed by atoms with E-state index in [4.69, 9.17) is 9.72 Å². The summed E-state index contributed by atoms with van der Waals surface area (Å²) in [6.45, 7) is 29.6. The van der Waals surface area contributed by atoms with Gasteiger partial charge in [0, 0.05) is 66.9 Å². The van der Waals surface area contributed by atoms with Gasteiger partial charge in [-0.25, -0.2) is 9.37 Å². The van der Waals surface area contributed by atoms with Crippen LogP contribution in [0.15, 0.2) is 146 Å². The Kier molecular flexibility index (Phi) is 13.7. The van der Waals surface area contributed by atoms with Gasteiger partial charge in [0.05, 0.1) is 0 Å². The first-order valence-corrected chi connectivity index (χ1v) is 25.1. The number of para-hydroxylation sites is 3. The van der Waals surface area contributed by atoms with Crippen LogP contribution < -0.4 is 14.5 Å². The first-order valence-electron chi connectivity index (χ1n) is 25.1. The van der Waals surface area contributed by atoms with E-state index in [1.807, 2.05) is 42.6 Å². The minimum atomic E-state index is -0.224. The Morgan fingerprint density at radius 2 is 1.19 bits per heavy atom. The van der Waals surface area contributed by atoms with Crippen molar-refractivity contribution in [2.75, 3.05) is 9.80 Å². The summed E-state index contributed by atoms with van der Waals surface area (Å²) in [6, 6.07) is 55.4. The van der Waals surface area contributed by atoms with Crippen molar-refractivity contribution in [3.8, 4) is 39.6 Å². The van der Waals surface area contributed by atoms with Crippen LogP contribution in [0.5, 0.6) is 11.5 Å². The molecule has 0 bridgehead atoms. The normalized spacial score (nSPS) is 12.9. The van der Waals surface area contributed by atoms with Crippen LogP contribution in [0.1, 0.15) is 129 Å². The van der Waals surface area contributed by atoms with Gasteiger partial charge >= 0.3 is 0 Å². The van der Waals surface area contributed by atoms with E-state index in [1.165, 1.54) is 22.3 Å². The van der Waals surface area contributed by atoms with E-state index in [0.29, 0.717) is 23.0 Å². The van der Waals surface area contributed by atoms with Crippen LogP contribution >= 0.6 is 0 Å². The van der Waals surface area contributed by atoms with Gasteiger partial charge in [0.25, 0.3) is 0 Å². The standard InChI is InChI=1S/C65H64FN4O.Pt/c1-40(2)43-35-54(64(7,8)9)62(55(36-43)65(10,11)12)45-31-46(37-48(32-45)71-47-28-29-51-50-22-14-16-24-57(50)70(60(51)38-47)61-27-19-20-30-67-61)68-39-69(59-26-18-17-25-58(59)68)63-52(41(3)4)33-44(34-53(63)42(5)6)49-21-13-15-23-56(49)66;/h13-36,39-42H,1-12H3;/q-3;. The van der Waals surface area contributed by atoms with Crippen molar-refractivity contribution in [3.63, 3.8) is 0 Å². The molecule has 0 fully saturated rings. The number of nitrogens with zero attached hydrogens (tertiary/aromatic N) is 4. The monoisotopic (exact) mass is 1130 g/mol. The number of halogens is 1. The zero-order valence-electron chi connectivity index (χ0n) is 43.6. The Morgan fingerprint density at radius 3 is 1.81 bits per heavy atom. The molecule has 0 saturated heterocycles. The van der Waals surface area contributed by atoms with Crippen molar-refractivity contribution in [1.82, 2.24) is 9.55 Å². The second-order valence-corrected chi connectivity index (χ2v) is 22.1. The summed E-state index contributed by atoms with van der Waals surface area (Å²) >= 11 is 0. The van der Waals surface area contributed by atoms with E-state index in [2.05, 4.69) is 207 Å². The van der Waals surface area contributed by atoms with E-state index in [0.717, 1.165) is 72.6 Å². The van der Waals surface area contributed by atoms with Gasteiger partial charge in [-0.2, -0.15) is 6.07 Å². The molecule has 370 valence electrons. The molecule has 0 aliphatic carbocycles. The molecule has 0 radical (unpaired) electrons. The quantitative estimate of drug-likeness (QED) is 0.128. The molecule has 3 heterocycles. The molecule has 7 aromatic carbocycles. The summed E-state index contributed by atoms with van der Waals surface area (Å²) in [5.74, 6) is 2.38. The summed E-state index contributed by atoms with van der Waals surface area (Å²) in [6.07, 6.45) is 1.83. The van der Waals surface area contributed by atoms with Gasteiger partial charge in [-0.3, -0.25) is 0 Å². The Labute approximate surface area is 441 Å². The summed E-state index contributed by atoms with van der Waals surface area (Å²) in [5, 5.41) is 2.19. The van der Waals surface area contributed by atoms with Crippen molar-refractivity contribution in [3.05, 3.63) is 198 Å². The maximum absolute atomic E-state index is 15.5. The molecule has 0 unspecified atom stereocenters. The zero-order valence-corrected chi connectivity index (χ0v) is 45.8. The van der Waals surface area contributed by atoms with Gasteiger partial charge in [0.2, 0.25) is 0 Å². The van der Waals surface area contributed by atoms with Gasteiger partial charge in [-0.1, -0.05) is 155 Å². The van der Waals surface area contributed by atoms with E-state index in [-0.39, 0.29) is 49.5 Å². The Hall–Kier alpha value is -6.49. The Balaban J connectivity index is 0.00000640. The Bertz CT molecular complexity index is 3400. The van der Waals surface area contributed by atoms with Gasteiger partial charge in [0.1, 0.15) is 11.6 Å². The predicted octanol–water partition coefficient (Wildman–Crippen LogP) is 18.4. The summed E-state index contributed by atoms with van der Waals surface area (Å²) in [5.41, 5.74) is 15.5. The van der Waals surface area contributed by atoms with Gasteiger partial charge in [0.15, 0.2) is 0 Å². The number of hydrogen-bond donors (Lipinski definition) is 0. The molecule has 0 atom stereocenters. The average molecular weight is 1130 g/mol. The van der Waals surface area contributed by atoms with Gasteiger partial charge in [-0.15, -0.1) is 53.6 Å². The molecular formula is C65H64FN4OPt-3. The third-order valence-corrected chi connectivity index (χ3v) is 13.9. The molecule has 1 aliphatic heterocycles. The van der Waals surface area contributed by atoms with Crippen molar-refractivity contribution < 1.29 is 30.2 Å². The SMILES string of the molecule is CC(C)c1cc(C(C)(C)C)c(-c2cc(Oc3[c-]c4c(cc3)c3ccccc3n4-c3ccccn3)[c-]c(N3[CH-]N(c4c(C(C)C)cc(-c5ccccc5F)cc4C(C)C)c4ccccc43)c2)c(C(C)(C)C)c1.[Pt]. The third-order valence-electron chi connectivity index (χ3n) is 13.9. The number of anilines is 4. The maximum Gasteiger partial charge on any atom is 0.135 e. The molecule has 1 aliphatic rings. The zero-order chi connectivity index (χ0) is 50.1. The molecule has 0 amide bonds. The third kappa shape index (κ3) is 9.28. The molecule has 5 nitrogen and oxygen atoms in total. The predicted molar refractivity (Wildman–Crippen MR) is 295 cm³/mol. The van der Waals surface area contributed by atoms with Gasteiger partial charge in [-0.05, 0) is 121 Å². The Morgan fingerprint density at radius 1 is 0.583 bits per heavy atom. The number of benzene rings is 7. The fourth-order valence-corrected chi connectivity index (χ4v) is 10.3. The number of pyridine rings is 1. The van der Waals surface area contributed by atoms with Crippen LogP contribution in [0.2, 0.25) is 0 Å². The number of rotatable bonds is 10. The summed E-state index contributed by atoms with van der Waals surface area (Å²) in [4.78, 5) is 9.37. The molecule has 10 rings (SSSR count). The van der Waals surface area contributed by atoms with Crippen LogP contribution in [-0.2, 0) is 31.9 Å². The van der Waals surface area contributed by atoms with E-state index in [1.54, 1.807) is 12.1 Å². The van der Waals surface area contributed by atoms with Crippen molar-refractivity contribution in [2.45, 2.75) is 112 Å². The van der Waals surface area contributed by atoms with Crippen molar-refractivity contribution >= 4 is 44.6 Å². The minimum absolute atomic E-state index is 0. The topological polar surface area (TPSA) is 33.5 Å². The van der Waals surface area contributed by atoms with Crippen LogP contribution in [0.25, 0.3) is 49.9 Å². The summed E-state index contributed by atoms with van der Waals surface area (Å²) < 4.78 is 24.7. The number of fused-ring (bicyclic) bond motifs is 4. The molecule has 9 aromatic rings. The number of hydrogen-bond acceptors (Lipinski definition) is 4. The molecule has 7 heteroatoms. The van der Waals surface area contributed by atoms with Crippen molar-refractivity contribution in [2.24, 2.45) is 0 Å². The largest absolute Gasteiger partial charge is 0.509 e. The summed E-state index contributed by atoms with van der Waals surface area (Å²) in [7, 11) is 0. The smallest absolute Gasteiger partial charge is 0.135 e. The van der Waals surface area contributed by atoms with Crippen LogP contribution in [-0.4, -0.2) is 9.55 Å². The fourth-order valence-electron chi connectivity index (χ4n) is 10.3. The fraction of sp³-hybridized carbons (Fsp3) is 0.262. The van der Waals surface area contributed by atoms with Crippen LogP contribution in [0.3, 0.4) is 0 Å². The molecule has 0 spiro atoms. The molecule has 0 N–H and O–H groups in total. The van der Waals surface area contributed by atoms with Crippen LogP contribution in [0, 0.1) is 24.6 Å². The van der Waals surface area contributed by atoms with Gasteiger partial charge < -0.3 is 19.1 Å². The number of aromatic nitrogens is 2. The van der Waals surface area contributed by atoms with E-state index >= 15 is 4.39 Å². The first kappa shape index (κ1) is 50.4. The van der Waals surface area contributed by atoms with Crippen molar-refractivity contribution in [1.29, 1.82) is 0 Å². The molecule has 2 aromatic heterocycles. The maximum atomic E-state index is 15.5. The number of ether oxygens (including phenoxy) is 1. The average Bonchev–Trinajstić information content (AvgIpc) is 3.89. The molecule has 72 heavy (non-hydrogen) atoms. The molecular weight excluding hydrogens is 1070 g/mol. The van der Waals surface area contributed by atoms with E-state index in [9.17, 15) is 0 Å². The molecule has 0 saturated carbocycles. The second-order valence-electron chi connectivity index (χ2n) is 22.1. The van der Waals surface area contributed by atoms with E-state index < -0.39 is 0 Å². The minimum Gasteiger partial charge on any atom is -0.509 e.